The molecule has 0 saturated carbocycles. The molecule has 1 aromatic heterocycles. The molecule has 0 radical (unpaired) electrons. The molecule has 0 spiro atoms. The number of nitrogens with zero attached hydrogens (tertiary/aromatic N) is 2. The molecule has 4 nitrogen and oxygen atoms in total. The maximum absolute atomic E-state index is 13.0. The lowest BCUT2D eigenvalue weighted by atomic mass is 9.72. The number of pyridine rings is 1. The third-order valence-corrected chi connectivity index (χ3v) is 6.01. The minimum absolute atomic E-state index is 0.0868. The quantitative estimate of drug-likeness (QED) is 0.869. The number of fused-ring (bicyclic) bond motifs is 2. The Morgan fingerprint density at radius 3 is 3.00 bits per heavy atom. The first-order valence-corrected chi connectivity index (χ1v) is 8.82. The molecule has 2 aliphatic rings. The number of hydrogen-bond acceptors (Lipinski definition) is 4. The molecule has 3 atom stereocenters. The molecule has 2 aliphatic heterocycles. The second kappa shape index (κ2) is 5.61. The molecular formula is C16H22N2O2S. The molecule has 5 heteroatoms. The van der Waals surface area contributed by atoms with E-state index in [-0.39, 0.29) is 30.0 Å². The van der Waals surface area contributed by atoms with E-state index in [1.165, 1.54) is 11.8 Å². The van der Waals surface area contributed by atoms with E-state index in [1.807, 2.05) is 23.3 Å². The summed E-state index contributed by atoms with van der Waals surface area (Å²) in [6, 6.07) is 4.15. The van der Waals surface area contributed by atoms with Crippen molar-refractivity contribution >= 4 is 17.7 Å². The molecule has 114 valence electrons. The van der Waals surface area contributed by atoms with Gasteiger partial charge >= 0.3 is 0 Å². The van der Waals surface area contributed by atoms with Crippen LogP contribution >= 0.6 is 11.8 Å². The largest absolute Gasteiger partial charge is 0.396 e. The number of hydrogen-bond donors (Lipinski definition) is 1. The maximum Gasteiger partial charge on any atom is 0.257 e. The van der Waals surface area contributed by atoms with Crippen LogP contribution in [0, 0.1) is 5.41 Å². The Morgan fingerprint density at radius 2 is 2.38 bits per heavy atom. The summed E-state index contributed by atoms with van der Waals surface area (Å²) >= 11 is 1.51. The Bertz CT molecular complexity index is 545. The average Bonchev–Trinajstić information content (AvgIpc) is 3.10. The summed E-state index contributed by atoms with van der Waals surface area (Å²) in [5.74, 6) is 0.0868. The van der Waals surface area contributed by atoms with Crippen LogP contribution in [-0.2, 0) is 0 Å². The van der Waals surface area contributed by atoms with Gasteiger partial charge in [0.1, 0.15) is 5.03 Å². The van der Waals surface area contributed by atoms with Crippen molar-refractivity contribution in [2.45, 2.75) is 49.7 Å². The van der Waals surface area contributed by atoms with Crippen LogP contribution in [0.25, 0.3) is 0 Å². The van der Waals surface area contributed by atoms with Crippen molar-refractivity contribution < 1.29 is 9.90 Å². The third kappa shape index (κ3) is 2.18. The van der Waals surface area contributed by atoms with E-state index in [0.29, 0.717) is 5.56 Å². The van der Waals surface area contributed by atoms with E-state index < -0.39 is 0 Å². The summed E-state index contributed by atoms with van der Waals surface area (Å²) in [4.78, 5) is 19.3. The van der Waals surface area contributed by atoms with E-state index in [4.69, 9.17) is 0 Å². The predicted octanol–water partition coefficient (Wildman–Crippen LogP) is 2.57. The molecule has 2 saturated heterocycles. The number of carbonyl (C=O) groups excluding carboxylic acids is 1. The van der Waals surface area contributed by atoms with Gasteiger partial charge in [-0.2, -0.15) is 0 Å². The highest BCUT2D eigenvalue weighted by Gasteiger charge is 2.56. The predicted molar refractivity (Wildman–Crippen MR) is 83.4 cm³/mol. The Morgan fingerprint density at radius 1 is 1.57 bits per heavy atom. The van der Waals surface area contributed by atoms with Gasteiger partial charge in [0.05, 0.1) is 12.2 Å². The number of rotatable bonds is 4. The van der Waals surface area contributed by atoms with Crippen molar-refractivity contribution in [2.24, 2.45) is 5.41 Å². The molecule has 0 aliphatic carbocycles. The lowest BCUT2D eigenvalue weighted by molar-refractivity contribution is 0.0554. The normalized spacial score (nSPS) is 30.9. The van der Waals surface area contributed by atoms with Crippen molar-refractivity contribution in [2.75, 3.05) is 12.9 Å². The zero-order valence-electron chi connectivity index (χ0n) is 12.6. The zero-order valence-corrected chi connectivity index (χ0v) is 13.4. The van der Waals surface area contributed by atoms with E-state index in [2.05, 4.69) is 11.9 Å². The summed E-state index contributed by atoms with van der Waals surface area (Å²) in [6.07, 6.45) is 7.61. The molecule has 1 N–H and O–H groups in total. The van der Waals surface area contributed by atoms with Crippen LogP contribution in [0.5, 0.6) is 0 Å². The van der Waals surface area contributed by atoms with Gasteiger partial charge in [-0.05, 0) is 44.1 Å². The Balaban J connectivity index is 1.93. The standard InChI is InChI=1S/C16H22N2O2S/c1-3-16(10-19)9-11-6-7-13(16)18(11)15(20)12-5-4-8-17-14(12)21-2/h4-5,8,11,13,19H,3,6-7,9-10H2,1-2H3/t11-,13+,16-/m0/s1. The van der Waals surface area contributed by atoms with Crippen LogP contribution in [0.15, 0.2) is 23.4 Å². The SMILES string of the molecule is CC[C@@]1(CO)C[C@@H]2CC[C@H]1N2C(=O)c1cccnc1SC. The van der Waals surface area contributed by atoms with E-state index in [9.17, 15) is 9.90 Å². The first-order valence-electron chi connectivity index (χ1n) is 7.59. The summed E-state index contributed by atoms with van der Waals surface area (Å²) < 4.78 is 0. The first kappa shape index (κ1) is 14.9. The molecule has 1 aromatic rings. The zero-order chi connectivity index (χ0) is 15.0. The first-order chi connectivity index (χ1) is 10.2. The van der Waals surface area contributed by atoms with Crippen molar-refractivity contribution in [3.8, 4) is 0 Å². The number of thioether (sulfide) groups is 1. The summed E-state index contributed by atoms with van der Waals surface area (Å²) in [5.41, 5.74) is 0.604. The average molecular weight is 306 g/mol. The van der Waals surface area contributed by atoms with E-state index >= 15 is 0 Å². The number of aliphatic hydroxyl groups excluding tert-OH is 1. The topological polar surface area (TPSA) is 53.4 Å². The van der Waals surface area contributed by atoms with Gasteiger partial charge < -0.3 is 10.0 Å². The van der Waals surface area contributed by atoms with Gasteiger partial charge in [0, 0.05) is 23.7 Å². The molecule has 3 rings (SSSR count). The minimum atomic E-state index is -0.0969. The van der Waals surface area contributed by atoms with Gasteiger partial charge in [-0.1, -0.05) is 6.92 Å². The molecular weight excluding hydrogens is 284 g/mol. The van der Waals surface area contributed by atoms with Gasteiger partial charge in [0.15, 0.2) is 0 Å². The third-order valence-electron chi connectivity index (χ3n) is 5.30. The van der Waals surface area contributed by atoms with E-state index in [1.54, 1.807) is 6.20 Å². The number of carbonyl (C=O) groups is 1. The van der Waals surface area contributed by atoms with Gasteiger partial charge in [-0.15, -0.1) is 11.8 Å². The maximum atomic E-state index is 13.0. The lowest BCUT2D eigenvalue weighted by Crippen LogP contribution is -2.42. The molecule has 0 unspecified atom stereocenters. The van der Waals surface area contributed by atoms with Crippen molar-refractivity contribution in [3.63, 3.8) is 0 Å². The monoisotopic (exact) mass is 306 g/mol. The molecule has 3 heterocycles. The van der Waals surface area contributed by atoms with Crippen LogP contribution in [-0.4, -0.2) is 45.8 Å². The van der Waals surface area contributed by atoms with Gasteiger partial charge in [0.25, 0.3) is 5.91 Å². The fraction of sp³-hybridized carbons (Fsp3) is 0.625. The van der Waals surface area contributed by atoms with Crippen molar-refractivity contribution in [1.29, 1.82) is 0 Å². The van der Waals surface area contributed by atoms with Crippen molar-refractivity contribution in [3.05, 3.63) is 23.9 Å². The van der Waals surface area contributed by atoms with Crippen LogP contribution in [0.2, 0.25) is 0 Å². The van der Waals surface area contributed by atoms with Gasteiger partial charge in [-0.25, -0.2) is 4.98 Å². The highest BCUT2D eigenvalue weighted by atomic mass is 32.2. The van der Waals surface area contributed by atoms with Gasteiger partial charge in [0.2, 0.25) is 0 Å². The smallest absolute Gasteiger partial charge is 0.257 e. The number of aliphatic hydroxyl groups is 1. The molecule has 2 fully saturated rings. The Kier molecular flexibility index (Phi) is 3.97. The summed E-state index contributed by atoms with van der Waals surface area (Å²) in [6.45, 7) is 2.30. The molecule has 21 heavy (non-hydrogen) atoms. The van der Waals surface area contributed by atoms with Crippen LogP contribution in [0.3, 0.4) is 0 Å². The fourth-order valence-electron chi connectivity index (χ4n) is 4.11. The number of amides is 1. The van der Waals surface area contributed by atoms with Crippen molar-refractivity contribution in [1.82, 2.24) is 9.88 Å². The minimum Gasteiger partial charge on any atom is -0.396 e. The van der Waals surface area contributed by atoms with Crippen LogP contribution in [0.1, 0.15) is 43.0 Å². The highest BCUT2D eigenvalue weighted by molar-refractivity contribution is 7.98. The fourth-order valence-corrected chi connectivity index (χ4v) is 4.66. The second-order valence-electron chi connectivity index (χ2n) is 6.10. The number of aromatic nitrogens is 1. The van der Waals surface area contributed by atoms with Gasteiger partial charge in [-0.3, -0.25) is 4.79 Å². The Hall–Kier alpha value is -1.07. The van der Waals surface area contributed by atoms with E-state index in [0.717, 1.165) is 30.7 Å². The lowest BCUT2D eigenvalue weighted by Gasteiger charge is -2.34. The molecule has 1 amide bonds. The second-order valence-corrected chi connectivity index (χ2v) is 6.89. The molecule has 0 aromatic carbocycles. The Labute approximate surface area is 129 Å². The highest BCUT2D eigenvalue weighted by Crippen LogP contribution is 2.52. The molecule has 2 bridgehead atoms. The van der Waals surface area contributed by atoms with Crippen LogP contribution in [0.4, 0.5) is 0 Å². The summed E-state index contributed by atoms with van der Waals surface area (Å²) in [7, 11) is 0. The van der Waals surface area contributed by atoms with Crippen LogP contribution < -0.4 is 0 Å². The summed E-state index contributed by atoms with van der Waals surface area (Å²) in [5, 5.41) is 10.6.